The molecule has 0 bridgehead atoms. The van der Waals surface area contributed by atoms with Gasteiger partial charge >= 0.3 is 0 Å². The van der Waals surface area contributed by atoms with Crippen LogP contribution in [0.5, 0.6) is 0 Å². The van der Waals surface area contributed by atoms with Crippen LogP contribution in [-0.4, -0.2) is 15.6 Å². The van der Waals surface area contributed by atoms with Gasteiger partial charge in [-0.3, -0.25) is 9.48 Å². The molecule has 4 rings (SSSR count). The fourth-order valence-corrected chi connectivity index (χ4v) is 2.88. The van der Waals surface area contributed by atoms with Crippen molar-refractivity contribution in [1.82, 2.24) is 9.78 Å². The number of fused-ring (bicyclic) bond motifs is 3. The Morgan fingerprint density at radius 3 is 2.30 bits per heavy atom. The number of nitrogens with zero attached hydrogens (tertiary/aromatic N) is 2. The maximum Gasteiger partial charge on any atom is 0.198 e. The van der Waals surface area contributed by atoms with Crippen LogP contribution < -0.4 is 0 Å². The fraction of sp³-hybridized carbons (Fsp3) is 0.0588. The van der Waals surface area contributed by atoms with Gasteiger partial charge in [0.15, 0.2) is 5.78 Å². The molecule has 0 unspecified atom stereocenters. The molecule has 0 atom stereocenters. The highest BCUT2D eigenvalue weighted by Crippen LogP contribution is 2.40. The molecule has 3 heteroatoms. The van der Waals surface area contributed by atoms with Gasteiger partial charge in [-0.25, -0.2) is 0 Å². The summed E-state index contributed by atoms with van der Waals surface area (Å²) in [6, 6.07) is 17.6. The Kier molecular flexibility index (Phi) is 2.18. The zero-order valence-electron chi connectivity index (χ0n) is 11.0. The summed E-state index contributed by atoms with van der Waals surface area (Å²) in [5.41, 5.74) is 5.12. The lowest BCUT2D eigenvalue weighted by molar-refractivity contribution is 0.104. The zero-order valence-corrected chi connectivity index (χ0v) is 11.0. The molecule has 1 aromatic heterocycles. The first kappa shape index (κ1) is 11.2. The van der Waals surface area contributed by atoms with Crippen molar-refractivity contribution in [2.45, 2.75) is 0 Å². The summed E-state index contributed by atoms with van der Waals surface area (Å²) in [5, 5.41) is 4.56. The third-order valence-electron chi connectivity index (χ3n) is 3.75. The number of hydrogen-bond acceptors (Lipinski definition) is 2. The number of hydrogen-bond donors (Lipinski definition) is 0. The standard InChI is InChI=1S/C17H12N2O/c1-19-16(11-7-3-2-4-8-11)14-15(18-19)12-9-5-6-10-13(12)17(14)20/h2-10H,1H3. The minimum Gasteiger partial charge on any atom is -0.288 e. The largest absolute Gasteiger partial charge is 0.288 e. The Hall–Kier alpha value is -2.68. The molecule has 3 aromatic rings. The average molecular weight is 260 g/mol. The summed E-state index contributed by atoms with van der Waals surface area (Å²) in [4.78, 5) is 12.6. The minimum absolute atomic E-state index is 0.0718. The van der Waals surface area contributed by atoms with E-state index < -0.39 is 0 Å². The topological polar surface area (TPSA) is 34.9 Å². The van der Waals surface area contributed by atoms with Crippen LogP contribution in [0.1, 0.15) is 15.9 Å². The molecule has 1 aliphatic rings. The highest BCUT2D eigenvalue weighted by Gasteiger charge is 2.33. The van der Waals surface area contributed by atoms with Crippen LogP contribution in [-0.2, 0) is 7.05 Å². The van der Waals surface area contributed by atoms with Gasteiger partial charge in [-0.2, -0.15) is 5.10 Å². The Bertz CT molecular complexity index is 831. The number of aryl methyl sites for hydroxylation is 1. The molecule has 20 heavy (non-hydrogen) atoms. The summed E-state index contributed by atoms with van der Waals surface area (Å²) < 4.78 is 1.80. The highest BCUT2D eigenvalue weighted by molar-refractivity contribution is 6.23. The van der Waals surface area contributed by atoms with Crippen LogP contribution in [0, 0.1) is 0 Å². The van der Waals surface area contributed by atoms with Gasteiger partial charge in [0, 0.05) is 23.7 Å². The second-order valence-corrected chi connectivity index (χ2v) is 4.94. The zero-order chi connectivity index (χ0) is 13.7. The first-order valence-corrected chi connectivity index (χ1v) is 6.54. The molecule has 96 valence electrons. The SMILES string of the molecule is Cn1nc2c(c1-c1ccccc1)C(=O)c1ccccc1-2. The summed E-state index contributed by atoms with van der Waals surface area (Å²) in [6.07, 6.45) is 0. The molecule has 3 nitrogen and oxygen atoms in total. The quantitative estimate of drug-likeness (QED) is 0.526. The minimum atomic E-state index is 0.0718. The predicted octanol–water partition coefficient (Wildman–Crippen LogP) is 3.30. The van der Waals surface area contributed by atoms with Crippen LogP contribution >= 0.6 is 0 Å². The van der Waals surface area contributed by atoms with E-state index in [4.69, 9.17) is 0 Å². The second-order valence-electron chi connectivity index (χ2n) is 4.94. The van der Waals surface area contributed by atoms with Gasteiger partial charge in [0.1, 0.15) is 5.69 Å². The number of aromatic nitrogens is 2. The van der Waals surface area contributed by atoms with E-state index >= 15 is 0 Å². The van der Waals surface area contributed by atoms with Crippen molar-refractivity contribution in [3.63, 3.8) is 0 Å². The van der Waals surface area contributed by atoms with E-state index in [0.29, 0.717) is 0 Å². The first-order chi connectivity index (χ1) is 9.77. The lowest BCUT2D eigenvalue weighted by Crippen LogP contribution is -2.01. The van der Waals surface area contributed by atoms with E-state index in [2.05, 4.69) is 5.10 Å². The number of ketones is 1. The lowest BCUT2D eigenvalue weighted by atomic mass is 10.0. The van der Waals surface area contributed by atoms with Crippen LogP contribution in [0.2, 0.25) is 0 Å². The summed E-state index contributed by atoms with van der Waals surface area (Å²) in [7, 11) is 1.89. The van der Waals surface area contributed by atoms with Gasteiger partial charge in [-0.15, -0.1) is 0 Å². The third kappa shape index (κ3) is 1.35. The predicted molar refractivity (Wildman–Crippen MR) is 77.5 cm³/mol. The molecule has 0 aliphatic heterocycles. The van der Waals surface area contributed by atoms with Crippen molar-refractivity contribution in [1.29, 1.82) is 0 Å². The summed E-state index contributed by atoms with van der Waals surface area (Å²) in [5.74, 6) is 0.0718. The maximum absolute atomic E-state index is 12.6. The summed E-state index contributed by atoms with van der Waals surface area (Å²) >= 11 is 0. The van der Waals surface area contributed by atoms with Gasteiger partial charge in [0.05, 0.1) is 11.3 Å². The molecule has 0 saturated carbocycles. The van der Waals surface area contributed by atoms with Crippen molar-refractivity contribution in [2.24, 2.45) is 7.05 Å². The Labute approximate surface area is 116 Å². The second kappa shape index (κ2) is 3.90. The molecule has 2 aromatic carbocycles. The van der Waals surface area contributed by atoms with E-state index in [-0.39, 0.29) is 5.78 Å². The number of carbonyl (C=O) groups excluding carboxylic acids is 1. The van der Waals surface area contributed by atoms with E-state index in [0.717, 1.165) is 33.6 Å². The number of carbonyl (C=O) groups is 1. The average Bonchev–Trinajstić information content (AvgIpc) is 2.96. The fourth-order valence-electron chi connectivity index (χ4n) is 2.88. The Morgan fingerprint density at radius 1 is 0.900 bits per heavy atom. The molecule has 0 radical (unpaired) electrons. The van der Waals surface area contributed by atoms with Crippen molar-refractivity contribution in [3.8, 4) is 22.5 Å². The van der Waals surface area contributed by atoms with Crippen LogP contribution in [0.4, 0.5) is 0 Å². The smallest absolute Gasteiger partial charge is 0.198 e. The van der Waals surface area contributed by atoms with Crippen molar-refractivity contribution in [3.05, 3.63) is 65.7 Å². The normalized spacial score (nSPS) is 12.3. The van der Waals surface area contributed by atoms with Crippen LogP contribution in [0.3, 0.4) is 0 Å². The highest BCUT2D eigenvalue weighted by atomic mass is 16.1. The molecule has 0 amide bonds. The van der Waals surface area contributed by atoms with Crippen LogP contribution in [0.25, 0.3) is 22.5 Å². The maximum atomic E-state index is 12.6. The van der Waals surface area contributed by atoms with Crippen molar-refractivity contribution in [2.75, 3.05) is 0 Å². The van der Waals surface area contributed by atoms with Crippen molar-refractivity contribution < 1.29 is 4.79 Å². The lowest BCUT2D eigenvalue weighted by Gasteiger charge is -2.04. The first-order valence-electron chi connectivity index (χ1n) is 6.54. The van der Waals surface area contributed by atoms with Gasteiger partial charge < -0.3 is 0 Å². The van der Waals surface area contributed by atoms with E-state index in [1.165, 1.54) is 0 Å². The molecule has 0 N–H and O–H groups in total. The molecule has 0 fully saturated rings. The molecule has 1 heterocycles. The third-order valence-corrected chi connectivity index (χ3v) is 3.75. The van der Waals surface area contributed by atoms with E-state index in [1.807, 2.05) is 61.6 Å². The van der Waals surface area contributed by atoms with Gasteiger partial charge in [0.25, 0.3) is 0 Å². The Morgan fingerprint density at radius 2 is 1.55 bits per heavy atom. The number of benzene rings is 2. The van der Waals surface area contributed by atoms with E-state index in [1.54, 1.807) is 4.68 Å². The molecular weight excluding hydrogens is 248 g/mol. The van der Waals surface area contributed by atoms with Gasteiger partial charge in [0.2, 0.25) is 0 Å². The van der Waals surface area contributed by atoms with Crippen LogP contribution in [0.15, 0.2) is 54.6 Å². The monoisotopic (exact) mass is 260 g/mol. The molecule has 0 spiro atoms. The van der Waals surface area contributed by atoms with E-state index in [9.17, 15) is 4.79 Å². The van der Waals surface area contributed by atoms with Crippen molar-refractivity contribution >= 4 is 5.78 Å². The van der Waals surface area contributed by atoms with Gasteiger partial charge in [-0.05, 0) is 0 Å². The molecule has 0 saturated heterocycles. The molecular formula is C17H12N2O. The molecule has 1 aliphatic carbocycles. The van der Waals surface area contributed by atoms with Gasteiger partial charge in [-0.1, -0.05) is 54.6 Å². The Balaban J connectivity index is 2.04. The summed E-state index contributed by atoms with van der Waals surface area (Å²) in [6.45, 7) is 0. The number of rotatable bonds is 1.